The van der Waals surface area contributed by atoms with Crippen LogP contribution in [-0.2, 0) is 0 Å². The van der Waals surface area contributed by atoms with Gasteiger partial charge in [0.05, 0.1) is 23.4 Å². The van der Waals surface area contributed by atoms with E-state index in [1.54, 1.807) is 7.11 Å². The first-order valence-electron chi connectivity index (χ1n) is 11.1. The first-order valence-corrected chi connectivity index (χ1v) is 11.9. The molecule has 0 aliphatic carbocycles. The number of nitrogen functional groups attached to an aromatic ring is 1. The highest BCUT2D eigenvalue weighted by molar-refractivity contribution is 7.21. The lowest BCUT2D eigenvalue weighted by Crippen LogP contribution is -2.02. The summed E-state index contributed by atoms with van der Waals surface area (Å²) in [4.78, 5) is 29.7. The molecule has 5 rings (SSSR count). The Balaban J connectivity index is 1.69. The molecule has 2 aromatic heterocycles. The Morgan fingerprint density at radius 1 is 0.972 bits per heavy atom. The van der Waals surface area contributed by atoms with Gasteiger partial charge in [-0.15, -0.1) is 11.3 Å². The Bertz CT molecular complexity index is 1610. The van der Waals surface area contributed by atoms with Gasteiger partial charge in [-0.25, -0.2) is 4.98 Å². The lowest BCUT2D eigenvalue weighted by atomic mass is 9.98. The molecule has 0 atom stereocenters. The van der Waals surface area contributed by atoms with Gasteiger partial charge >= 0.3 is 0 Å². The number of benzene rings is 3. The van der Waals surface area contributed by atoms with Crippen LogP contribution in [0.4, 0.5) is 11.4 Å². The van der Waals surface area contributed by atoms with Crippen molar-refractivity contribution in [2.45, 2.75) is 6.92 Å². The molecule has 0 amide bonds. The summed E-state index contributed by atoms with van der Waals surface area (Å²) in [6.07, 6.45) is 0. The van der Waals surface area contributed by atoms with E-state index in [0.29, 0.717) is 26.3 Å². The molecule has 7 nitrogen and oxygen atoms in total. The third-order valence-corrected chi connectivity index (χ3v) is 7.09. The summed E-state index contributed by atoms with van der Waals surface area (Å²) >= 11 is 1.22. The highest BCUT2D eigenvalue weighted by Gasteiger charge is 2.23. The van der Waals surface area contributed by atoms with E-state index in [9.17, 15) is 14.9 Å². The summed E-state index contributed by atoms with van der Waals surface area (Å²) in [5.74, 6) is 0.446. The van der Waals surface area contributed by atoms with E-state index in [0.717, 1.165) is 33.7 Å². The van der Waals surface area contributed by atoms with Gasteiger partial charge in [0.25, 0.3) is 5.69 Å². The van der Waals surface area contributed by atoms with Crippen molar-refractivity contribution in [3.8, 4) is 28.1 Å². The van der Waals surface area contributed by atoms with E-state index in [1.165, 1.54) is 35.6 Å². The number of nitrogens with two attached hydrogens (primary N) is 1. The molecule has 0 radical (unpaired) electrons. The maximum absolute atomic E-state index is 13.4. The quantitative estimate of drug-likeness (QED) is 0.160. The van der Waals surface area contributed by atoms with Crippen LogP contribution in [0.15, 0.2) is 78.9 Å². The van der Waals surface area contributed by atoms with Crippen LogP contribution in [0, 0.1) is 17.0 Å². The molecule has 0 bridgehead atoms. The molecule has 2 N–H and O–H groups in total. The summed E-state index contributed by atoms with van der Waals surface area (Å²) in [5.41, 5.74) is 11.8. The first kappa shape index (κ1) is 23.2. The number of pyridine rings is 1. The number of ketones is 1. The van der Waals surface area contributed by atoms with Gasteiger partial charge < -0.3 is 10.5 Å². The maximum Gasteiger partial charge on any atom is 0.269 e. The number of rotatable bonds is 6. The van der Waals surface area contributed by atoms with Crippen LogP contribution < -0.4 is 10.5 Å². The van der Waals surface area contributed by atoms with Crippen molar-refractivity contribution in [1.82, 2.24) is 4.98 Å². The van der Waals surface area contributed by atoms with Crippen LogP contribution in [0.2, 0.25) is 0 Å². The standard InChI is InChI=1S/C28H21N3O4S/c1-16-3-5-17(6-4-16)22-15-23(18-9-13-21(35-2)14-10-18)30-28-24(22)25(29)27(36-28)26(32)19-7-11-20(12-8-19)31(33)34/h3-15H,29H2,1-2H3. The summed E-state index contributed by atoms with van der Waals surface area (Å²) in [6.45, 7) is 2.02. The van der Waals surface area contributed by atoms with Crippen molar-refractivity contribution in [3.05, 3.63) is 105 Å². The molecule has 0 spiro atoms. The van der Waals surface area contributed by atoms with Crippen molar-refractivity contribution in [3.63, 3.8) is 0 Å². The van der Waals surface area contributed by atoms with Gasteiger partial charge in [-0.05, 0) is 60.5 Å². The van der Waals surface area contributed by atoms with Crippen molar-refractivity contribution < 1.29 is 14.5 Å². The average molecular weight is 496 g/mol. The zero-order valence-electron chi connectivity index (χ0n) is 19.5. The Kier molecular flexibility index (Phi) is 5.95. The normalized spacial score (nSPS) is 10.9. The van der Waals surface area contributed by atoms with Gasteiger partial charge in [0, 0.05) is 28.6 Å². The molecule has 2 heterocycles. The van der Waals surface area contributed by atoms with Crippen LogP contribution in [0.3, 0.4) is 0 Å². The Labute approximate surface area is 211 Å². The summed E-state index contributed by atoms with van der Waals surface area (Å²) in [5, 5.41) is 11.7. The third kappa shape index (κ3) is 4.18. The number of aryl methyl sites for hydroxylation is 1. The Morgan fingerprint density at radius 3 is 2.22 bits per heavy atom. The number of carbonyl (C=O) groups is 1. The molecule has 3 aromatic carbocycles. The van der Waals surface area contributed by atoms with Crippen LogP contribution in [-0.4, -0.2) is 22.8 Å². The first-order chi connectivity index (χ1) is 17.4. The number of anilines is 1. The molecule has 36 heavy (non-hydrogen) atoms. The minimum Gasteiger partial charge on any atom is -0.497 e. The largest absolute Gasteiger partial charge is 0.497 e. The van der Waals surface area contributed by atoms with Crippen molar-refractivity contribution in [2.75, 3.05) is 12.8 Å². The minimum atomic E-state index is -0.499. The smallest absolute Gasteiger partial charge is 0.269 e. The number of non-ortho nitro benzene ring substituents is 1. The van der Waals surface area contributed by atoms with Gasteiger partial charge in [-0.2, -0.15) is 0 Å². The minimum absolute atomic E-state index is 0.0803. The molecule has 0 saturated heterocycles. The van der Waals surface area contributed by atoms with E-state index in [1.807, 2.05) is 61.5 Å². The van der Waals surface area contributed by atoms with Crippen molar-refractivity contribution in [1.29, 1.82) is 0 Å². The molecular weight excluding hydrogens is 474 g/mol. The predicted octanol–water partition coefficient (Wildman–Crippen LogP) is 6.67. The number of nitro benzene ring substituents is 1. The summed E-state index contributed by atoms with van der Waals surface area (Å²) < 4.78 is 5.28. The summed E-state index contributed by atoms with van der Waals surface area (Å²) in [6, 6.07) is 23.2. The molecule has 0 aliphatic rings. The number of carbonyl (C=O) groups excluding carboxylic acids is 1. The fourth-order valence-corrected chi connectivity index (χ4v) is 5.11. The number of nitro groups is 1. The van der Waals surface area contributed by atoms with Gasteiger partial charge in [0.1, 0.15) is 15.5 Å². The second kappa shape index (κ2) is 9.24. The number of nitrogens with zero attached hydrogens (tertiary/aromatic N) is 2. The third-order valence-electron chi connectivity index (χ3n) is 5.99. The van der Waals surface area contributed by atoms with E-state index >= 15 is 0 Å². The fourth-order valence-electron chi connectivity index (χ4n) is 4.03. The number of ether oxygens (including phenoxy) is 1. The monoisotopic (exact) mass is 495 g/mol. The molecule has 8 heteroatoms. The second-order valence-corrected chi connectivity index (χ2v) is 9.31. The Hall–Kier alpha value is -4.56. The van der Waals surface area contributed by atoms with Gasteiger partial charge in [0.2, 0.25) is 5.78 Å². The van der Waals surface area contributed by atoms with Crippen LogP contribution in [0.25, 0.3) is 32.6 Å². The molecule has 0 unspecified atom stereocenters. The van der Waals surface area contributed by atoms with Crippen LogP contribution in [0.5, 0.6) is 5.75 Å². The van der Waals surface area contributed by atoms with Crippen molar-refractivity contribution in [2.24, 2.45) is 0 Å². The number of thiophene rings is 1. The zero-order valence-corrected chi connectivity index (χ0v) is 20.3. The Morgan fingerprint density at radius 2 is 1.61 bits per heavy atom. The SMILES string of the molecule is COc1ccc(-c2cc(-c3ccc(C)cc3)c3c(N)c(C(=O)c4ccc([N+](=O)[O-])cc4)sc3n2)cc1. The second-order valence-electron chi connectivity index (χ2n) is 8.31. The van der Waals surface area contributed by atoms with E-state index in [-0.39, 0.29) is 11.5 Å². The summed E-state index contributed by atoms with van der Waals surface area (Å²) in [7, 11) is 1.62. The zero-order chi connectivity index (χ0) is 25.4. The van der Waals surface area contributed by atoms with Crippen molar-refractivity contribution >= 4 is 38.7 Å². The van der Waals surface area contributed by atoms with Gasteiger partial charge in [0.15, 0.2) is 0 Å². The number of hydrogen-bond donors (Lipinski definition) is 1. The molecule has 0 aliphatic heterocycles. The van der Waals surface area contributed by atoms with Crippen LogP contribution >= 0.6 is 11.3 Å². The molecule has 178 valence electrons. The lowest BCUT2D eigenvalue weighted by molar-refractivity contribution is -0.384. The fraction of sp³-hybridized carbons (Fsp3) is 0.0714. The molecule has 5 aromatic rings. The molecule has 0 saturated carbocycles. The number of aromatic nitrogens is 1. The van der Waals surface area contributed by atoms with Gasteiger partial charge in [-0.1, -0.05) is 29.8 Å². The number of methoxy groups -OCH3 is 1. The highest BCUT2D eigenvalue weighted by atomic mass is 32.1. The van der Waals surface area contributed by atoms with Gasteiger partial charge in [-0.3, -0.25) is 14.9 Å². The van der Waals surface area contributed by atoms with Crippen LogP contribution in [0.1, 0.15) is 20.8 Å². The molecule has 0 fully saturated rings. The highest BCUT2D eigenvalue weighted by Crippen LogP contribution is 2.42. The number of fused-ring (bicyclic) bond motifs is 1. The maximum atomic E-state index is 13.4. The lowest BCUT2D eigenvalue weighted by Gasteiger charge is -2.10. The van der Waals surface area contributed by atoms with E-state index in [4.69, 9.17) is 15.5 Å². The van der Waals surface area contributed by atoms with E-state index < -0.39 is 4.92 Å². The number of hydrogen-bond acceptors (Lipinski definition) is 7. The molecular formula is C28H21N3O4S. The topological polar surface area (TPSA) is 108 Å². The predicted molar refractivity (Wildman–Crippen MR) is 143 cm³/mol. The average Bonchev–Trinajstić information content (AvgIpc) is 3.24. The van der Waals surface area contributed by atoms with E-state index in [2.05, 4.69) is 0 Å².